The van der Waals surface area contributed by atoms with Crippen LogP contribution < -0.4 is 4.74 Å². The number of aliphatic hydroxyl groups is 1. The number of benzene rings is 1. The van der Waals surface area contributed by atoms with Crippen molar-refractivity contribution in [1.82, 2.24) is 4.90 Å². The van der Waals surface area contributed by atoms with Crippen molar-refractivity contribution in [3.05, 3.63) is 29.8 Å². The molecule has 1 N–H and O–H groups in total. The van der Waals surface area contributed by atoms with Gasteiger partial charge in [-0.05, 0) is 31.5 Å². The van der Waals surface area contributed by atoms with E-state index in [1.807, 2.05) is 31.2 Å². The number of likely N-dealkylation sites (N-methyl/N-ethyl adjacent to an activating group) is 1. The average Bonchev–Trinajstić information content (AvgIpc) is 2.28. The zero-order chi connectivity index (χ0) is 13.5. The van der Waals surface area contributed by atoms with Gasteiger partial charge >= 0.3 is 0 Å². The molecule has 0 aromatic heterocycles. The zero-order valence-corrected chi connectivity index (χ0v) is 11.2. The number of hydrogen-bond donors (Lipinski definition) is 1. The second kappa shape index (κ2) is 7.01. The minimum Gasteiger partial charge on any atom is -0.493 e. The van der Waals surface area contributed by atoms with Crippen LogP contribution in [0.2, 0.25) is 0 Å². The van der Waals surface area contributed by atoms with E-state index in [0.29, 0.717) is 19.6 Å². The first-order chi connectivity index (χ1) is 8.49. The van der Waals surface area contributed by atoms with Gasteiger partial charge in [-0.25, -0.2) is 0 Å². The molecule has 1 atom stereocenters. The van der Waals surface area contributed by atoms with Gasteiger partial charge < -0.3 is 14.7 Å². The molecule has 0 aliphatic rings. The maximum Gasteiger partial charge on any atom is 0.225 e. The number of aliphatic hydroxyl groups excluding tert-OH is 1. The summed E-state index contributed by atoms with van der Waals surface area (Å²) in [6, 6.07) is 7.72. The topological polar surface area (TPSA) is 49.8 Å². The second-order valence-corrected chi connectivity index (χ2v) is 4.54. The molecule has 0 heterocycles. The molecule has 0 radical (unpaired) electrons. The van der Waals surface area contributed by atoms with Crippen LogP contribution in [0.5, 0.6) is 5.75 Å². The summed E-state index contributed by atoms with van der Waals surface area (Å²) in [6.07, 6.45) is -0.186. The van der Waals surface area contributed by atoms with Gasteiger partial charge in [-0.2, -0.15) is 0 Å². The highest BCUT2D eigenvalue weighted by Crippen LogP contribution is 2.12. The number of hydrogen-bond acceptors (Lipinski definition) is 3. The van der Waals surface area contributed by atoms with E-state index in [0.717, 1.165) is 11.3 Å². The lowest BCUT2D eigenvalue weighted by molar-refractivity contribution is -0.131. The third-order valence-electron chi connectivity index (χ3n) is 2.54. The summed E-state index contributed by atoms with van der Waals surface area (Å²) in [7, 11) is 1.68. The van der Waals surface area contributed by atoms with Crippen LogP contribution in [0.25, 0.3) is 0 Å². The lowest BCUT2D eigenvalue weighted by Crippen LogP contribution is -2.33. The predicted octanol–water partition coefficient (Wildman–Crippen LogP) is 1.60. The van der Waals surface area contributed by atoms with Gasteiger partial charge in [-0.3, -0.25) is 4.79 Å². The first-order valence-corrected chi connectivity index (χ1v) is 6.10. The molecule has 1 amide bonds. The monoisotopic (exact) mass is 251 g/mol. The first kappa shape index (κ1) is 14.5. The van der Waals surface area contributed by atoms with Crippen molar-refractivity contribution < 1.29 is 14.6 Å². The fourth-order valence-corrected chi connectivity index (χ4v) is 1.65. The van der Waals surface area contributed by atoms with Crippen LogP contribution in [-0.4, -0.2) is 42.2 Å². The van der Waals surface area contributed by atoms with Gasteiger partial charge in [0, 0.05) is 13.6 Å². The van der Waals surface area contributed by atoms with Crippen molar-refractivity contribution >= 4 is 5.91 Å². The van der Waals surface area contributed by atoms with Crippen LogP contribution in [-0.2, 0) is 4.79 Å². The van der Waals surface area contributed by atoms with Crippen molar-refractivity contribution in [1.29, 1.82) is 0 Å². The Morgan fingerprint density at radius 2 is 2.22 bits per heavy atom. The third kappa shape index (κ3) is 5.19. The maximum absolute atomic E-state index is 11.7. The van der Waals surface area contributed by atoms with Crippen molar-refractivity contribution in [3.8, 4) is 5.75 Å². The molecule has 1 unspecified atom stereocenters. The van der Waals surface area contributed by atoms with Crippen LogP contribution in [0.1, 0.15) is 18.9 Å². The fraction of sp³-hybridized carbons (Fsp3) is 0.500. The molecule has 0 saturated heterocycles. The van der Waals surface area contributed by atoms with Gasteiger partial charge in [-0.15, -0.1) is 0 Å². The Hall–Kier alpha value is -1.55. The Morgan fingerprint density at radius 1 is 1.50 bits per heavy atom. The molecule has 0 spiro atoms. The molecule has 4 nitrogen and oxygen atoms in total. The maximum atomic E-state index is 11.7. The summed E-state index contributed by atoms with van der Waals surface area (Å²) in [5, 5.41) is 9.18. The summed E-state index contributed by atoms with van der Waals surface area (Å²) < 4.78 is 5.50. The Kier molecular flexibility index (Phi) is 5.65. The number of nitrogens with zero attached hydrogens (tertiary/aromatic N) is 1. The fourth-order valence-electron chi connectivity index (χ4n) is 1.65. The molecule has 0 fully saturated rings. The average molecular weight is 251 g/mol. The Balaban J connectivity index is 2.31. The SMILES string of the molecule is Cc1cccc(OCCC(=O)N(C)CC(C)O)c1. The van der Waals surface area contributed by atoms with Gasteiger partial charge in [0.25, 0.3) is 0 Å². The smallest absolute Gasteiger partial charge is 0.225 e. The predicted molar refractivity (Wildman–Crippen MR) is 70.6 cm³/mol. The Labute approximate surface area is 108 Å². The van der Waals surface area contributed by atoms with Gasteiger partial charge in [0.2, 0.25) is 5.91 Å². The lowest BCUT2D eigenvalue weighted by Gasteiger charge is -2.18. The number of carbonyl (C=O) groups is 1. The van der Waals surface area contributed by atoms with Crippen LogP contribution in [0.4, 0.5) is 0 Å². The van der Waals surface area contributed by atoms with E-state index in [1.165, 1.54) is 4.90 Å². The standard InChI is InChI=1S/C14H21NO3/c1-11-5-4-6-13(9-11)18-8-7-14(17)15(3)10-12(2)16/h4-6,9,12,16H,7-8,10H2,1-3H3. The molecule has 4 heteroatoms. The van der Waals surface area contributed by atoms with E-state index in [1.54, 1.807) is 14.0 Å². The van der Waals surface area contributed by atoms with Crippen molar-refractivity contribution in [3.63, 3.8) is 0 Å². The van der Waals surface area contributed by atoms with E-state index in [2.05, 4.69) is 0 Å². The third-order valence-corrected chi connectivity index (χ3v) is 2.54. The molecule has 0 saturated carbocycles. The summed E-state index contributed by atoms with van der Waals surface area (Å²) in [5.74, 6) is 0.754. The highest BCUT2D eigenvalue weighted by molar-refractivity contribution is 5.76. The summed E-state index contributed by atoms with van der Waals surface area (Å²) in [5.41, 5.74) is 1.13. The molecule has 0 aliphatic carbocycles. The lowest BCUT2D eigenvalue weighted by atomic mass is 10.2. The van der Waals surface area contributed by atoms with E-state index in [-0.39, 0.29) is 5.91 Å². The molecular weight excluding hydrogens is 230 g/mol. The summed E-state index contributed by atoms with van der Waals surface area (Å²) in [4.78, 5) is 13.2. The van der Waals surface area contributed by atoms with Crippen molar-refractivity contribution in [2.45, 2.75) is 26.4 Å². The van der Waals surface area contributed by atoms with Gasteiger partial charge in [-0.1, -0.05) is 12.1 Å². The molecule has 1 aromatic carbocycles. The molecule has 1 rings (SSSR count). The van der Waals surface area contributed by atoms with Crippen LogP contribution in [0, 0.1) is 6.92 Å². The van der Waals surface area contributed by atoms with Gasteiger partial charge in [0.1, 0.15) is 5.75 Å². The molecule has 18 heavy (non-hydrogen) atoms. The van der Waals surface area contributed by atoms with Crippen LogP contribution in [0.15, 0.2) is 24.3 Å². The van der Waals surface area contributed by atoms with E-state index in [9.17, 15) is 9.90 Å². The number of carbonyl (C=O) groups excluding carboxylic acids is 1. The number of rotatable bonds is 6. The van der Waals surface area contributed by atoms with E-state index in [4.69, 9.17) is 4.74 Å². The number of ether oxygens (including phenoxy) is 1. The number of amides is 1. The largest absolute Gasteiger partial charge is 0.493 e. The van der Waals surface area contributed by atoms with Crippen molar-refractivity contribution in [2.75, 3.05) is 20.2 Å². The summed E-state index contributed by atoms with van der Waals surface area (Å²) in [6.45, 7) is 4.36. The molecular formula is C14H21NO3. The van der Waals surface area contributed by atoms with E-state index >= 15 is 0 Å². The first-order valence-electron chi connectivity index (χ1n) is 6.10. The second-order valence-electron chi connectivity index (χ2n) is 4.54. The van der Waals surface area contributed by atoms with Crippen molar-refractivity contribution in [2.24, 2.45) is 0 Å². The summed E-state index contributed by atoms with van der Waals surface area (Å²) >= 11 is 0. The van der Waals surface area contributed by atoms with Crippen LogP contribution >= 0.6 is 0 Å². The van der Waals surface area contributed by atoms with Gasteiger partial charge in [0.05, 0.1) is 19.1 Å². The minimum absolute atomic E-state index is 0.0245. The Bertz CT molecular complexity index is 390. The van der Waals surface area contributed by atoms with E-state index < -0.39 is 6.10 Å². The van der Waals surface area contributed by atoms with Crippen LogP contribution in [0.3, 0.4) is 0 Å². The molecule has 0 bridgehead atoms. The normalized spacial score (nSPS) is 12.0. The Morgan fingerprint density at radius 3 is 2.83 bits per heavy atom. The van der Waals surface area contributed by atoms with Gasteiger partial charge in [0.15, 0.2) is 0 Å². The zero-order valence-electron chi connectivity index (χ0n) is 11.2. The molecule has 0 aliphatic heterocycles. The number of aryl methyl sites for hydroxylation is 1. The molecule has 100 valence electrons. The highest BCUT2D eigenvalue weighted by atomic mass is 16.5. The highest BCUT2D eigenvalue weighted by Gasteiger charge is 2.10. The molecule has 1 aromatic rings. The quantitative estimate of drug-likeness (QED) is 0.835. The minimum atomic E-state index is -0.503.